The van der Waals surface area contributed by atoms with Crippen LogP contribution in [0.25, 0.3) is 10.9 Å². The van der Waals surface area contributed by atoms with Gasteiger partial charge in [0.25, 0.3) is 0 Å². The molecule has 6 heteroatoms. The lowest BCUT2D eigenvalue weighted by atomic mass is 10.1. The quantitative estimate of drug-likeness (QED) is 0.587. The summed E-state index contributed by atoms with van der Waals surface area (Å²) < 4.78 is 16.5. The zero-order valence-corrected chi connectivity index (χ0v) is 15.7. The maximum Gasteiger partial charge on any atom is 0.308 e. The highest BCUT2D eigenvalue weighted by atomic mass is 35.5. The number of esters is 1. The Kier molecular flexibility index (Phi) is 5.00. The van der Waals surface area contributed by atoms with Crippen LogP contribution in [0.3, 0.4) is 0 Å². The van der Waals surface area contributed by atoms with E-state index in [1.807, 2.05) is 13.8 Å². The monoisotopic (exact) mass is 371 g/mol. The second kappa shape index (κ2) is 7.22. The van der Waals surface area contributed by atoms with E-state index in [0.717, 1.165) is 17.0 Å². The van der Waals surface area contributed by atoms with Crippen molar-refractivity contribution in [3.05, 3.63) is 52.7 Å². The predicted octanol–water partition coefficient (Wildman–Crippen LogP) is 5.23. The van der Waals surface area contributed by atoms with Crippen LogP contribution in [0.2, 0.25) is 5.02 Å². The molecule has 0 unspecified atom stereocenters. The van der Waals surface area contributed by atoms with Crippen molar-refractivity contribution in [1.82, 2.24) is 4.98 Å². The second-order valence-corrected chi connectivity index (χ2v) is 6.23. The van der Waals surface area contributed by atoms with Gasteiger partial charge in [-0.15, -0.1) is 0 Å². The minimum Gasteiger partial charge on any atom is -0.497 e. The normalized spacial score (nSPS) is 10.7. The van der Waals surface area contributed by atoms with Crippen LogP contribution in [-0.4, -0.2) is 18.1 Å². The van der Waals surface area contributed by atoms with Crippen molar-refractivity contribution in [3.8, 4) is 23.0 Å². The summed E-state index contributed by atoms with van der Waals surface area (Å²) in [5, 5.41) is 1.08. The molecule has 0 radical (unpaired) electrons. The fourth-order valence-electron chi connectivity index (χ4n) is 2.57. The summed E-state index contributed by atoms with van der Waals surface area (Å²) in [5.74, 6) is 1.86. The molecule has 2 aromatic carbocycles. The lowest BCUT2D eigenvalue weighted by Crippen LogP contribution is -2.05. The van der Waals surface area contributed by atoms with Gasteiger partial charge in [0.05, 0.1) is 17.6 Å². The first-order valence-electron chi connectivity index (χ1n) is 8.00. The van der Waals surface area contributed by atoms with Crippen LogP contribution in [0, 0.1) is 13.8 Å². The number of fused-ring (bicyclic) bond motifs is 1. The van der Waals surface area contributed by atoms with E-state index in [1.54, 1.807) is 43.5 Å². The molecule has 1 aromatic heterocycles. The van der Waals surface area contributed by atoms with Crippen LogP contribution in [0.4, 0.5) is 0 Å². The van der Waals surface area contributed by atoms with Crippen molar-refractivity contribution in [1.29, 1.82) is 0 Å². The molecule has 0 spiro atoms. The van der Waals surface area contributed by atoms with E-state index < -0.39 is 5.97 Å². The number of rotatable bonds is 4. The average Bonchev–Trinajstić information content (AvgIpc) is 2.61. The van der Waals surface area contributed by atoms with E-state index in [4.69, 9.17) is 25.8 Å². The Morgan fingerprint density at radius 2 is 1.73 bits per heavy atom. The van der Waals surface area contributed by atoms with E-state index in [2.05, 4.69) is 4.98 Å². The van der Waals surface area contributed by atoms with E-state index in [1.165, 1.54) is 6.92 Å². The topological polar surface area (TPSA) is 57.7 Å². The lowest BCUT2D eigenvalue weighted by molar-refractivity contribution is -0.131. The van der Waals surface area contributed by atoms with E-state index >= 15 is 0 Å². The van der Waals surface area contributed by atoms with Gasteiger partial charge in [-0.1, -0.05) is 11.6 Å². The minimum atomic E-state index is -0.396. The number of aryl methyl sites for hydroxylation is 1. The van der Waals surface area contributed by atoms with Gasteiger partial charge in [-0.25, -0.2) is 0 Å². The van der Waals surface area contributed by atoms with E-state index in [9.17, 15) is 4.79 Å². The van der Waals surface area contributed by atoms with Crippen LogP contribution < -0.4 is 14.2 Å². The zero-order chi connectivity index (χ0) is 18.8. The molecule has 0 aliphatic rings. The molecule has 0 amide bonds. The molecule has 3 aromatic rings. The number of benzene rings is 2. The van der Waals surface area contributed by atoms with Crippen molar-refractivity contribution in [3.63, 3.8) is 0 Å². The first-order valence-corrected chi connectivity index (χ1v) is 8.37. The first kappa shape index (κ1) is 18.0. The number of aromatic nitrogens is 1. The molecule has 0 saturated heterocycles. The molecule has 5 nitrogen and oxygen atoms in total. The summed E-state index contributed by atoms with van der Waals surface area (Å²) in [6.45, 7) is 5.09. The van der Waals surface area contributed by atoms with Crippen LogP contribution in [0.15, 0.2) is 36.4 Å². The minimum absolute atomic E-state index is 0.396. The van der Waals surface area contributed by atoms with E-state index in [-0.39, 0.29) is 0 Å². The molecule has 0 aliphatic heterocycles. The number of ether oxygens (including phenoxy) is 3. The third-order valence-corrected chi connectivity index (χ3v) is 4.29. The smallest absolute Gasteiger partial charge is 0.308 e. The first-order chi connectivity index (χ1) is 12.4. The number of methoxy groups -OCH3 is 1. The fourth-order valence-corrected chi connectivity index (χ4v) is 2.77. The van der Waals surface area contributed by atoms with Crippen molar-refractivity contribution in [2.75, 3.05) is 7.11 Å². The predicted molar refractivity (Wildman–Crippen MR) is 101 cm³/mol. The van der Waals surface area contributed by atoms with Crippen molar-refractivity contribution < 1.29 is 19.0 Å². The Balaban J connectivity index is 2.09. The average molecular weight is 372 g/mol. The molecule has 0 aliphatic carbocycles. The highest BCUT2D eigenvalue weighted by Crippen LogP contribution is 2.38. The second-order valence-electron chi connectivity index (χ2n) is 5.82. The molecule has 0 fully saturated rings. The van der Waals surface area contributed by atoms with Gasteiger partial charge in [0, 0.05) is 23.6 Å². The molecule has 0 saturated carbocycles. The molecule has 3 rings (SSSR count). The summed E-state index contributed by atoms with van der Waals surface area (Å²) >= 11 is 6.36. The maximum atomic E-state index is 11.5. The van der Waals surface area contributed by atoms with Crippen LogP contribution in [0.1, 0.15) is 18.2 Å². The summed E-state index contributed by atoms with van der Waals surface area (Å²) in [7, 11) is 1.60. The Morgan fingerprint density at radius 1 is 1.08 bits per heavy atom. The summed E-state index contributed by atoms with van der Waals surface area (Å²) in [6.07, 6.45) is 0. The Bertz CT molecular complexity index is 984. The number of hydrogen-bond acceptors (Lipinski definition) is 5. The molecule has 26 heavy (non-hydrogen) atoms. The number of hydrogen-bond donors (Lipinski definition) is 0. The van der Waals surface area contributed by atoms with E-state index in [0.29, 0.717) is 33.2 Å². The van der Waals surface area contributed by atoms with Crippen LogP contribution in [-0.2, 0) is 4.79 Å². The molecule has 0 bridgehead atoms. The summed E-state index contributed by atoms with van der Waals surface area (Å²) in [6, 6.07) is 10.6. The molecule has 134 valence electrons. The fraction of sp³-hybridized carbons (Fsp3) is 0.200. The highest BCUT2D eigenvalue weighted by molar-refractivity contribution is 6.32. The Hall–Kier alpha value is -2.79. The molecule has 1 heterocycles. The largest absolute Gasteiger partial charge is 0.497 e. The van der Waals surface area contributed by atoms with Crippen molar-refractivity contribution in [2.24, 2.45) is 0 Å². The zero-order valence-electron chi connectivity index (χ0n) is 14.9. The summed E-state index contributed by atoms with van der Waals surface area (Å²) in [5.41, 5.74) is 2.20. The third kappa shape index (κ3) is 3.58. The third-order valence-electron chi connectivity index (χ3n) is 4.00. The SMILES string of the molecule is COc1ccc(Oc2cc3c(OC(C)=O)c(C)c(C)nc3cc2Cl)cc1. The van der Waals surface area contributed by atoms with Gasteiger partial charge >= 0.3 is 5.97 Å². The van der Waals surface area contributed by atoms with Crippen molar-refractivity contribution >= 4 is 28.5 Å². The molecule has 0 atom stereocenters. The Morgan fingerprint density at radius 3 is 2.35 bits per heavy atom. The standard InChI is InChI=1S/C20H18ClNO4/c1-11-12(2)22-18-10-17(21)19(9-16(18)20(11)25-13(3)23)26-15-7-5-14(24-4)6-8-15/h5-10H,1-4H3. The number of pyridine rings is 1. The van der Waals surface area contributed by atoms with Gasteiger partial charge in [0.2, 0.25) is 0 Å². The Labute approximate surface area is 156 Å². The van der Waals surface area contributed by atoms with Crippen LogP contribution in [0.5, 0.6) is 23.0 Å². The molecular weight excluding hydrogens is 354 g/mol. The maximum absolute atomic E-state index is 11.5. The van der Waals surface area contributed by atoms with Gasteiger partial charge < -0.3 is 14.2 Å². The van der Waals surface area contributed by atoms with Gasteiger partial charge in [0.15, 0.2) is 0 Å². The lowest BCUT2D eigenvalue weighted by Gasteiger charge is -2.14. The number of halogens is 1. The molecule has 0 N–H and O–H groups in total. The number of carbonyl (C=O) groups excluding carboxylic acids is 1. The number of nitrogens with zero attached hydrogens (tertiary/aromatic N) is 1. The van der Waals surface area contributed by atoms with Gasteiger partial charge in [0.1, 0.15) is 23.0 Å². The van der Waals surface area contributed by atoms with Crippen LogP contribution >= 0.6 is 11.6 Å². The highest BCUT2D eigenvalue weighted by Gasteiger charge is 2.16. The van der Waals surface area contributed by atoms with Gasteiger partial charge in [-0.2, -0.15) is 0 Å². The van der Waals surface area contributed by atoms with Crippen molar-refractivity contribution in [2.45, 2.75) is 20.8 Å². The van der Waals surface area contributed by atoms with Gasteiger partial charge in [-0.3, -0.25) is 9.78 Å². The number of carbonyl (C=O) groups is 1. The summed E-state index contributed by atoms with van der Waals surface area (Å²) in [4.78, 5) is 16.0. The molecular formula is C20H18ClNO4. The van der Waals surface area contributed by atoms with Gasteiger partial charge in [-0.05, 0) is 50.2 Å².